The zero-order chi connectivity index (χ0) is 25.1. The van der Waals surface area contributed by atoms with Crippen molar-refractivity contribution < 1.29 is 4.65 Å². The summed E-state index contributed by atoms with van der Waals surface area (Å²) in [6, 6.07) is 0. The van der Waals surface area contributed by atoms with E-state index in [2.05, 4.69) is 71.9 Å². The second kappa shape index (κ2) is 19.0. The van der Waals surface area contributed by atoms with Crippen LogP contribution in [0.5, 0.6) is 0 Å². The van der Waals surface area contributed by atoms with Crippen LogP contribution in [-0.2, 0) is 0 Å². The molecule has 0 spiro atoms. The summed E-state index contributed by atoms with van der Waals surface area (Å²) in [6.07, 6.45) is 23.2. The second-order valence-corrected chi connectivity index (χ2v) is 10.2. The van der Waals surface area contributed by atoms with Crippen molar-refractivity contribution >= 4 is 0 Å². The van der Waals surface area contributed by atoms with Gasteiger partial charge in [-0.1, -0.05) is 58.2 Å². The maximum atomic E-state index is 12.3. The summed E-state index contributed by atoms with van der Waals surface area (Å²) in [5.74, 6) is 0. The van der Waals surface area contributed by atoms with Crippen LogP contribution in [0.15, 0.2) is 58.2 Å². The van der Waals surface area contributed by atoms with Gasteiger partial charge in [-0.05, 0) is 113 Å². The molecule has 2 nitrogen and oxygen atoms in total. The van der Waals surface area contributed by atoms with Crippen molar-refractivity contribution in [3.8, 4) is 0 Å². The molecule has 0 aromatic carbocycles. The standard InChI is InChI=1S/C31H55NO/c1-9-32(33,10-2)26-16-25-31(8)24-15-22-29(6)19-12-11-18-28(5)21-14-23-30(7)20-13-17-27(3)4/h17-19,23-24H,9-16,20-22,25-26H2,1-8H3/b28-18?,29-19+,30-23+,31-24?. The molecule has 0 aromatic heterocycles. The SMILES string of the molecule is CC[N+]([O-])(CC)CCCC(C)=CCC/C(C)=C/CCC=C(C)CC/C=C(\C)CCC=C(C)C. The maximum Gasteiger partial charge on any atom is 0.0786 e. The summed E-state index contributed by atoms with van der Waals surface area (Å²) in [5, 5.41) is 12.3. The molecule has 0 saturated carbocycles. The van der Waals surface area contributed by atoms with E-state index in [4.69, 9.17) is 0 Å². The Bertz CT molecular complexity index is 667. The minimum absolute atomic E-state index is 0.0456. The van der Waals surface area contributed by atoms with Gasteiger partial charge in [-0.3, -0.25) is 0 Å². The Morgan fingerprint density at radius 2 is 0.909 bits per heavy atom. The molecule has 0 heterocycles. The minimum Gasteiger partial charge on any atom is -0.633 e. The number of rotatable bonds is 18. The van der Waals surface area contributed by atoms with Crippen LogP contribution in [0.2, 0.25) is 0 Å². The number of hydroxylamine groups is 3. The molecule has 0 unspecified atom stereocenters. The van der Waals surface area contributed by atoms with Crippen molar-refractivity contribution in [2.45, 2.75) is 120 Å². The van der Waals surface area contributed by atoms with E-state index in [9.17, 15) is 5.21 Å². The van der Waals surface area contributed by atoms with Crippen LogP contribution in [0.3, 0.4) is 0 Å². The molecular formula is C31H55NO. The second-order valence-electron chi connectivity index (χ2n) is 10.2. The Balaban J connectivity index is 4.10. The Morgan fingerprint density at radius 1 is 0.545 bits per heavy atom. The molecule has 2 heteroatoms. The maximum absolute atomic E-state index is 12.3. The summed E-state index contributed by atoms with van der Waals surface area (Å²) in [5.41, 5.74) is 7.37. The highest BCUT2D eigenvalue weighted by Gasteiger charge is 2.10. The average molecular weight is 458 g/mol. The monoisotopic (exact) mass is 457 g/mol. The van der Waals surface area contributed by atoms with Gasteiger partial charge in [0.15, 0.2) is 0 Å². The normalized spacial score (nSPS) is 14.1. The largest absolute Gasteiger partial charge is 0.633 e. The van der Waals surface area contributed by atoms with Crippen LogP contribution in [0.25, 0.3) is 0 Å². The first kappa shape index (κ1) is 31.6. The first-order valence-electron chi connectivity index (χ1n) is 13.4. The average Bonchev–Trinajstić information content (AvgIpc) is 2.76. The van der Waals surface area contributed by atoms with E-state index < -0.39 is 0 Å². The van der Waals surface area contributed by atoms with E-state index >= 15 is 0 Å². The number of nitrogens with zero attached hydrogens (tertiary/aromatic N) is 1. The molecule has 0 aromatic rings. The van der Waals surface area contributed by atoms with Gasteiger partial charge in [0.1, 0.15) is 0 Å². The van der Waals surface area contributed by atoms with Crippen LogP contribution in [0, 0.1) is 5.21 Å². The lowest BCUT2D eigenvalue weighted by Crippen LogP contribution is -2.42. The molecule has 0 aliphatic heterocycles. The van der Waals surface area contributed by atoms with E-state index in [1.807, 2.05) is 13.8 Å². The fraction of sp³-hybridized carbons (Fsp3) is 0.677. The van der Waals surface area contributed by atoms with Crippen LogP contribution in [-0.4, -0.2) is 24.3 Å². The topological polar surface area (TPSA) is 23.1 Å². The summed E-state index contributed by atoms with van der Waals surface area (Å²) in [4.78, 5) is 0. The van der Waals surface area contributed by atoms with Gasteiger partial charge in [-0.25, -0.2) is 0 Å². The molecule has 0 saturated heterocycles. The zero-order valence-corrected chi connectivity index (χ0v) is 23.4. The molecule has 0 aliphatic rings. The third-order valence-corrected chi connectivity index (χ3v) is 6.60. The smallest absolute Gasteiger partial charge is 0.0786 e. The molecule has 0 bridgehead atoms. The van der Waals surface area contributed by atoms with Crippen molar-refractivity contribution in [3.05, 3.63) is 63.5 Å². The van der Waals surface area contributed by atoms with Crippen molar-refractivity contribution in [2.75, 3.05) is 19.6 Å². The molecule has 33 heavy (non-hydrogen) atoms. The lowest BCUT2D eigenvalue weighted by molar-refractivity contribution is -0.877. The fourth-order valence-corrected chi connectivity index (χ4v) is 3.93. The van der Waals surface area contributed by atoms with Gasteiger partial charge in [0.25, 0.3) is 0 Å². The van der Waals surface area contributed by atoms with Gasteiger partial charge < -0.3 is 9.85 Å². The first-order valence-corrected chi connectivity index (χ1v) is 13.4. The highest BCUT2D eigenvalue weighted by Crippen LogP contribution is 2.15. The van der Waals surface area contributed by atoms with Crippen LogP contribution >= 0.6 is 0 Å². The number of unbranched alkanes of at least 4 members (excludes halogenated alkanes) is 1. The minimum atomic E-state index is -0.0456. The Morgan fingerprint density at radius 3 is 1.30 bits per heavy atom. The fourth-order valence-electron chi connectivity index (χ4n) is 3.93. The van der Waals surface area contributed by atoms with E-state index in [0.717, 1.165) is 51.5 Å². The third-order valence-electron chi connectivity index (χ3n) is 6.60. The first-order chi connectivity index (χ1) is 15.6. The lowest BCUT2D eigenvalue weighted by Gasteiger charge is -2.41. The van der Waals surface area contributed by atoms with E-state index in [1.54, 1.807) is 0 Å². The molecule has 0 radical (unpaired) electrons. The summed E-state index contributed by atoms with van der Waals surface area (Å²) < 4.78 is -0.0456. The van der Waals surface area contributed by atoms with Gasteiger partial charge >= 0.3 is 0 Å². The van der Waals surface area contributed by atoms with Crippen LogP contribution < -0.4 is 0 Å². The zero-order valence-electron chi connectivity index (χ0n) is 23.4. The molecule has 0 atom stereocenters. The predicted molar refractivity (Wildman–Crippen MR) is 150 cm³/mol. The molecule has 0 amide bonds. The van der Waals surface area contributed by atoms with Crippen molar-refractivity contribution in [3.63, 3.8) is 0 Å². The van der Waals surface area contributed by atoms with Gasteiger partial charge in [-0.15, -0.1) is 0 Å². The number of quaternary nitrogens is 1. The molecule has 0 N–H and O–H groups in total. The highest BCUT2D eigenvalue weighted by molar-refractivity contribution is 5.07. The molecular weight excluding hydrogens is 402 g/mol. The Labute approximate surface area is 207 Å². The van der Waals surface area contributed by atoms with E-state index in [-0.39, 0.29) is 4.65 Å². The Hall–Kier alpha value is -1.38. The number of hydrogen-bond acceptors (Lipinski definition) is 1. The highest BCUT2D eigenvalue weighted by atomic mass is 16.5. The number of allylic oxidation sites excluding steroid dienone is 10. The van der Waals surface area contributed by atoms with Gasteiger partial charge in [-0.2, -0.15) is 0 Å². The number of hydrogen-bond donors (Lipinski definition) is 0. The molecule has 0 aliphatic carbocycles. The van der Waals surface area contributed by atoms with Gasteiger partial charge in [0.05, 0.1) is 19.6 Å². The quantitative estimate of drug-likeness (QED) is 0.0868. The summed E-state index contributed by atoms with van der Waals surface area (Å²) in [6.45, 7) is 19.5. The van der Waals surface area contributed by atoms with Crippen molar-refractivity contribution in [2.24, 2.45) is 0 Å². The van der Waals surface area contributed by atoms with Crippen molar-refractivity contribution in [1.82, 2.24) is 0 Å². The molecule has 190 valence electrons. The molecule has 0 fully saturated rings. The summed E-state index contributed by atoms with van der Waals surface area (Å²) >= 11 is 0. The molecule has 0 rings (SSSR count). The van der Waals surface area contributed by atoms with Gasteiger partial charge in [0.2, 0.25) is 0 Å². The van der Waals surface area contributed by atoms with E-state index in [0.29, 0.717) is 13.1 Å². The van der Waals surface area contributed by atoms with Crippen molar-refractivity contribution in [1.29, 1.82) is 0 Å². The van der Waals surface area contributed by atoms with Gasteiger partial charge in [0, 0.05) is 6.42 Å². The third kappa shape index (κ3) is 18.7. The van der Waals surface area contributed by atoms with E-state index in [1.165, 1.54) is 47.1 Å². The predicted octanol–water partition coefficient (Wildman–Crippen LogP) is 9.99. The lowest BCUT2D eigenvalue weighted by atomic mass is 10.0. The summed E-state index contributed by atoms with van der Waals surface area (Å²) in [7, 11) is 0. The van der Waals surface area contributed by atoms with Crippen LogP contribution in [0.4, 0.5) is 0 Å². The van der Waals surface area contributed by atoms with Crippen LogP contribution in [0.1, 0.15) is 120 Å². The Kier molecular flexibility index (Phi) is 18.2.